The molecule has 0 aliphatic carbocycles. The fourth-order valence-electron chi connectivity index (χ4n) is 2.15. The lowest BCUT2D eigenvalue weighted by Gasteiger charge is -2.22. The Bertz CT molecular complexity index is 320. The Labute approximate surface area is 97.8 Å². The van der Waals surface area contributed by atoms with E-state index in [9.17, 15) is 0 Å². The standard InChI is InChI=1S/C13H21N3/c1-15-7-2-8-16(10-9-15)13-5-3-12(11-14)4-6-13/h3-6H,2,7-11,14H2,1H3. The van der Waals surface area contributed by atoms with Gasteiger partial charge >= 0.3 is 0 Å². The smallest absolute Gasteiger partial charge is 0.0366 e. The fraction of sp³-hybridized carbons (Fsp3) is 0.538. The van der Waals surface area contributed by atoms with Crippen molar-refractivity contribution in [3.05, 3.63) is 29.8 Å². The second-order valence-electron chi connectivity index (χ2n) is 4.51. The molecule has 1 aromatic carbocycles. The zero-order chi connectivity index (χ0) is 11.4. The Morgan fingerprint density at radius 1 is 1.06 bits per heavy atom. The zero-order valence-corrected chi connectivity index (χ0v) is 10.0. The second kappa shape index (κ2) is 5.32. The molecule has 0 bridgehead atoms. The molecule has 1 fully saturated rings. The van der Waals surface area contributed by atoms with Gasteiger partial charge in [0.1, 0.15) is 0 Å². The molecule has 1 aliphatic heterocycles. The molecule has 0 amide bonds. The summed E-state index contributed by atoms with van der Waals surface area (Å²) in [5.41, 5.74) is 8.13. The van der Waals surface area contributed by atoms with Crippen LogP contribution in [0.15, 0.2) is 24.3 Å². The molecule has 3 heteroatoms. The maximum Gasteiger partial charge on any atom is 0.0366 e. The van der Waals surface area contributed by atoms with E-state index in [1.807, 2.05) is 0 Å². The lowest BCUT2D eigenvalue weighted by atomic mass is 10.2. The molecule has 1 saturated heterocycles. The first-order valence-electron chi connectivity index (χ1n) is 6.02. The van der Waals surface area contributed by atoms with Crippen LogP contribution in [-0.4, -0.2) is 38.1 Å². The molecule has 2 rings (SSSR count). The Balaban J connectivity index is 2.04. The van der Waals surface area contributed by atoms with Crippen LogP contribution in [0.1, 0.15) is 12.0 Å². The highest BCUT2D eigenvalue weighted by atomic mass is 15.2. The average Bonchev–Trinajstić information content (AvgIpc) is 2.54. The van der Waals surface area contributed by atoms with E-state index < -0.39 is 0 Å². The first-order valence-corrected chi connectivity index (χ1v) is 6.02. The van der Waals surface area contributed by atoms with Gasteiger partial charge in [-0.1, -0.05) is 12.1 Å². The van der Waals surface area contributed by atoms with Gasteiger partial charge < -0.3 is 15.5 Å². The number of likely N-dealkylation sites (N-methyl/N-ethyl adjacent to an activating group) is 1. The minimum Gasteiger partial charge on any atom is -0.370 e. The van der Waals surface area contributed by atoms with Gasteiger partial charge in [-0.3, -0.25) is 0 Å². The van der Waals surface area contributed by atoms with E-state index in [2.05, 4.69) is 41.1 Å². The van der Waals surface area contributed by atoms with Crippen LogP contribution in [0.5, 0.6) is 0 Å². The molecule has 0 aromatic heterocycles. The molecule has 0 saturated carbocycles. The van der Waals surface area contributed by atoms with Crippen molar-refractivity contribution < 1.29 is 0 Å². The third kappa shape index (κ3) is 2.74. The van der Waals surface area contributed by atoms with Crippen LogP contribution in [0.2, 0.25) is 0 Å². The number of nitrogens with zero attached hydrogens (tertiary/aromatic N) is 2. The molecule has 2 N–H and O–H groups in total. The van der Waals surface area contributed by atoms with Crippen molar-refractivity contribution >= 4 is 5.69 Å². The molecule has 0 atom stereocenters. The monoisotopic (exact) mass is 219 g/mol. The number of nitrogens with two attached hydrogens (primary N) is 1. The van der Waals surface area contributed by atoms with Crippen LogP contribution in [0.4, 0.5) is 5.69 Å². The predicted molar refractivity (Wildman–Crippen MR) is 68.7 cm³/mol. The molecular weight excluding hydrogens is 198 g/mol. The van der Waals surface area contributed by atoms with Crippen molar-refractivity contribution in [2.75, 3.05) is 38.1 Å². The van der Waals surface area contributed by atoms with E-state index >= 15 is 0 Å². The van der Waals surface area contributed by atoms with Gasteiger partial charge in [0.2, 0.25) is 0 Å². The summed E-state index contributed by atoms with van der Waals surface area (Å²) in [6.45, 7) is 5.27. The van der Waals surface area contributed by atoms with Crippen LogP contribution in [0, 0.1) is 0 Å². The number of hydrogen-bond acceptors (Lipinski definition) is 3. The Hall–Kier alpha value is -1.06. The Morgan fingerprint density at radius 2 is 1.81 bits per heavy atom. The van der Waals surface area contributed by atoms with Gasteiger partial charge in [-0.25, -0.2) is 0 Å². The first kappa shape index (κ1) is 11.4. The molecule has 88 valence electrons. The van der Waals surface area contributed by atoms with Crippen LogP contribution >= 0.6 is 0 Å². The number of rotatable bonds is 2. The third-order valence-electron chi connectivity index (χ3n) is 3.26. The molecule has 0 radical (unpaired) electrons. The summed E-state index contributed by atoms with van der Waals surface area (Å²) in [5, 5.41) is 0. The van der Waals surface area contributed by atoms with E-state index in [0.29, 0.717) is 6.54 Å². The first-order chi connectivity index (χ1) is 7.79. The highest BCUT2D eigenvalue weighted by Crippen LogP contribution is 2.16. The number of anilines is 1. The summed E-state index contributed by atoms with van der Waals surface area (Å²) in [6, 6.07) is 8.63. The molecule has 0 spiro atoms. The third-order valence-corrected chi connectivity index (χ3v) is 3.26. The summed E-state index contributed by atoms with van der Waals surface area (Å²) >= 11 is 0. The maximum atomic E-state index is 5.60. The summed E-state index contributed by atoms with van der Waals surface area (Å²) < 4.78 is 0. The van der Waals surface area contributed by atoms with Gasteiger partial charge in [0.25, 0.3) is 0 Å². The van der Waals surface area contributed by atoms with Crippen LogP contribution < -0.4 is 10.6 Å². The van der Waals surface area contributed by atoms with Crippen molar-refractivity contribution in [3.8, 4) is 0 Å². The minimum atomic E-state index is 0.628. The van der Waals surface area contributed by atoms with Crippen molar-refractivity contribution in [3.63, 3.8) is 0 Å². The van der Waals surface area contributed by atoms with Crippen molar-refractivity contribution in [2.45, 2.75) is 13.0 Å². The summed E-state index contributed by atoms with van der Waals surface area (Å²) in [7, 11) is 2.20. The van der Waals surface area contributed by atoms with Gasteiger partial charge in [0.05, 0.1) is 0 Å². The molecule has 1 aliphatic rings. The minimum absolute atomic E-state index is 0.628. The SMILES string of the molecule is CN1CCCN(c2ccc(CN)cc2)CC1. The van der Waals surface area contributed by atoms with Crippen LogP contribution in [-0.2, 0) is 6.54 Å². The van der Waals surface area contributed by atoms with Crippen molar-refractivity contribution in [1.29, 1.82) is 0 Å². The molecular formula is C13H21N3. The Morgan fingerprint density at radius 3 is 2.50 bits per heavy atom. The summed E-state index contributed by atoms with van der Waals surface area (Å²) in [5.74, 6) is 0. The van der Waals surface area contributed by atoms with Crippen LogP contribution in [0.3, 0.4) is 0 Å². The van der Waals surface area contributed by atoms with E-state index in [4.69, 9.17) is 5.73 Å². The molecule has 3 nitrogen and oxygen atoms in total. The average molecular weight is 219 g/mol. The molecule has 0 unspecified atom stereocenters. The predicted octanol–water partition coefficient (Wildman–Crippen LogP) is 1.29. The fourth-order valence-corrected chi connectivity index (χ4v) is 2.15. The molecule has 1 heterocycles. The topological polar surface area (TPSA) is 32.5 Å². The lowest BCUT2D eigenvalue weighted by molar-refractivity contribution is 0.360. The second-order valence-corrected chi connectivity index (χ2v) is 4.51. The number of benzene rings is 1. The van der Waals surface area contributed by atoms with Gasteiger partial charge in [0, 0.05) is 31.9 Å². The number of hydrogen-bond donors (Lipinski definition) is 1. The largest absolute Gasteiger partial charge is 0.370 e. The molecule has 1 aromatic rings. The van der Waals surface area contributed by atoms with Gasteiger partial charge in [-0.05, 0) is 37.7 Å². The normalized spacial score (nSPS) is 18.5. The van der Waals surface area contributed by atoms with E-state index in [1.165, 1.54) is 24.2 Å². The molecule has 16 heavy (non-hydrogen) atoms. The quantitative estimate of drug-likeness (QED) is 0.813. The summed E-state index contributed by atoms with van der Waals surface area (Å²) in [4.78, 5) is 4.86. The van der Waals surface area contributed by atoms with Crippen molar-refractivity contribution in [2.24, 2.45) is 5.73 Å². The van der Waals surface area contributed by atoms with E-state index in [-0.39, 0.29) is 0 Å². The van der Waals surface area contributed by atoms with E-state index in [1.54, 1.807) is 0 Å². The van der Waals surface area contributed by atoms with Crippen LogP contribution in [0.25, 0.3) is 0 Å². The van der Waals surface area contributed by atoms with Crippen molar-refractivity contribution in [1.82, 2.24) is 4.90 Å². The highest BCUT2D eigenvalue weighted by Gasteiger charge is 2.11. The van der Waals surface area contributed by atoms with Gasteiger partial charge in [-0.15, -0.1) is 0 Å². The summed E-state index contributed by atoms with van der Waals surface area (Å²) in [6.07, 6.45) is 1.25. The lowest BCUT2D eigenvalue weighted by Crippen LogP contribution is -2.28. The van der Waals surface area contributed by atoms with E-state index in [0.717, 1.165) is 19.6 Å². The van der Waals surface area contributed by atoms with Gasteiger partial charge in [0.15, 0.2) is 0 Å². The highest BCUT2D eigenvalue weighted by molar-refractivity contribution is 5.47. The van der Waals surface area contributed by atoms with Gasteiger partial charge in [-0.2, -0.15) is 0 Å². The Kier molecular flexibility index (Phi) is 3.80. The zero-order valence-electron chi connectivity index (χ0n) is 10.0. The maximum absolute atomic E-state index is 5.60.